The summed E-state index contributed by atoms with van der Waals surface area (Å²) >= 11 is 9.24. The number of esters is 1. The Balaban J connectivity index is 2.27. The molecule has 0 amide bonds. The maximum atomic E-state index is 12.0. The first-order valence-corrected chi connectivity index (χ1v) is 6.26. The molecule has 0 saturated heterocycles. The zero-order valence-corrected chi connectivity index (χ0v) is 12.0. The van der Waals surface area contributed by atoms with Gasteiger partial charge in [0, 0.05) is 4.47 Å². The molecule has 0 fully saturated rings. The fraction of sp³-hybridized carbons (Fsp3) is 0.167. The third kappa shape index (κ3) is 2.57. The van der Waals surface area contributed by atoms with Crippen LogP contribution in [0.5, 0.6) is 5.75 Å². The van der Waals surface area contributed by atoms with Gasteiger partial charge < -0.3 is 9.26 Å². The molecule has 0 aliphatic heterocycles. The van der Waals surface area contributed by atoms with Crippen LogP contribution in [0.4, 0.5) is 0 Å². The highest BCUT2D eigenvalue weighted by molar-refractivity contribution is 9.10. The lowest BCUT2D eigenvalue weighted by Gasteiger charge is -2.05. The first kappa shape index (κ1) is 13.1. The van der Waals surface area contributed by atoms with Crippen LogP contribution in [0.1, 0.15) is 21.8 Å². The fourth-order valence-corrected chi connectivity index (χ4v) is 2.20. The van der Waals surface area contributed by atoms with Gasteiger partial charge >= 0.3 is 5.97 Å². The molecule has 0 spiro atoms. The first-order chi connectivity index (χ1) is 8.49. The van der Waals surface area contributed by atoms with E-state index in [1.807, 2.05) is 0 Å². The molecule has 6 heteroatoms. The van der Waals surface area contributed by atoms with E-state index in [2.05, 4.69) is 21.1 Å². The zero-order valence-electron chi connectivity index (χ0n) is 9.66. The van der Waals surface area contributed by atoms with Crippen LogP contribution in [0.15, 0.2) is 27.2 Å². The van der Waals surface area contributed by atoms with Crippen molar-refractivity contribution in [3.05, 3.63) is 44.7 Å². The fourth-order valence-electron chi connectivity index (χ4n) is 1.48. The molecule has 0 bridgehead atoms. The molecular formula is C12H9BrClNO3. The SMILES string of the molecule is Cc1noc(C)c1C(=O)Oc1ccc(Br)cc1Cl. The first-order valence-electron chi connectivity index (χ1n) is 5.09. The van der Waals surface area contributed by atoms with Gasteiger partial charge in [0.25, 0.3) is 0 Å². The number of hydrogen-bond acceptors (Lipinski definition) is 4. The molecular weight excluding hydrogens is 321 g/mol. The number of nitrogens with zero attached hydrogens (tertiary/aromatic N) is 1. The van der Waals surface area contributed by atoms with Crippen molar-refractivity contribution in [2.75, 3.05) is 0 Å². The molecule has 1 aromatic carbocycles. The van der Waals surface area contributed by atoms with Gasteiger partial charge in [0.15, 0.2) is 0 Å². The van der Waals surface area contributed by atoms with Crippen molar-refractivity contribution in [3.8, 4) is 5.75 Å². The minimum absolute atomic E-state index is 0.296. The van der Waals surface area contributed by atoms with Crippen LogP contribution in [0.25, 0.3) is 0 Å². The molecule has 18 heavy (non-hydrogen) atoms. The van der Waals surface area contributed by atoms with E-state index in [4.69, 9.17) is 20.9 Å². The predicted octanol–water partition coefficient (Wildman–Crippen LogP) is 3.93. The van der Waals surface area contributed by atoms with Crippen molar-refractivity contribution in [1.29, 1.82) is 0 Å². The lowest BCUT2D eigenvalue weighted by Crippen LogP contribution is -2.10. The van der Waals surface area contributed by atoms with E-state index in [1.165, 1.54) is 0 Å². The normalized spacial score (nSPS) is 10.4. The lowest BCUT2D eigenvalue weighted by molar-refractivity contribution is 0.0732. The summed E-state index contributed by atoms with van der Waals surface area (Å²) in [5.41, 5.74) is 0.819. The van der Waals surface area contributed by atoms with Crippen LogP contribution in [-0.2, 0) is 0 Å². The summed E-state index contributed by atoms with van der Waals surface area (Å²) in [6.07, 6.45) is 0. The zero-order chi connectivity index (χ0) is 13.3. The molecule has 0 aliphatic carbocycles. The second-order valence-corrected chi connectivity index (χ2v) is 4.99. The summed E-state index contributed by atoms with van der Waals surface area (Å²) in [6, 6.07) is 5.00. The molecule has 2 aromatic rings. The Kier molecular flexibility index (Phi) is 3.73. The Morgan fingerprint density at radius 3 is 2.72 bits per heavy atom. The molecule has 4 nitrogen and oxygen atoms in total. The average molecular weight is 331 g/mol. The van der Waals surface area contributed by atoms with Crippen LogP contribution in [0.2, 0.25) is 5.02 Å². The standard InChI is InChI=1S/C12H9BrClNO3/c1-6-11(7(2)18-15-6)12(16)17-10-4-3-8(13)5-9(10)14/h3-5H,1-2H3. The molecule has 0 aliphatic rings. The number of hydrogen-bond donors (Lipinski definition) is 0. The Morgan fingerprint density at radius 1 is 1.44 bits per heavy atom. The summed E-state index contributed by atoms with van der Waals surface area (Å²) in [5.74, 6) is 0.186. The van der Waals surface area contributed by atoms with Crippen molar-refractivity contribution in [2.45, 2.75) is 13.8 Å². The summed E-state index contributed by atoms with van der Waals surface area (Å²) in [5, 5.41) is 4.05. The molecule has 0 atom stereocenters. The third-order valence-electron chi connectivity index (χ3n) is 2.33. The average Bonchev–Trinajstić information content (AvgIpc) is 2.62. The van der Waals surface area contributed by atoms with Crippen molar-refractivity contribution in [3.63, 3.8) is 0 Å². The van der Waals surface area contributed by atoms with Crippen LogP contribution < -0.4 is 4.74 Å². The van der Waals surface area contributed by atoms with E-state index >= 15 is 0 Å². The smallest absolute Gasteiger partial charge is 0.349 e. The predicted molar refractivity (Wildman–Crippen MR) is 70.1 cm³/mol. The molecule has 1 aromatic heterocycles. The van der Waals surface area contributed by atoms with E-state index in [9.17, 15) is 4.79 Å². The Bertz CT molecular complexity index is 590. The maximum absolute atomic E-state index is 12.0. The Hall–Kier alpha value is -1.33. The van der Waals surface area contributed by atoms with Crippen LogP contribution >= 0.6 is 27.5 Å². The highest BCUT2D eigenvalue weighted by atomic mass is 79.9. The van der Waals surface area contributed by atoms with Crippen LogP contribution in [0, 0.1) is 13.8 Å². The third-order valence-corrected chi connectivity index (χ3v) is 3.12. The molecule has 0 N–H and O–H groups in total. The van der Waals surface area contributed by atoms with Crippen molar-refractivity contribution >= 4 is 33.5 Å². The quantitative estimate of drug-likeness (QED) is 0.618. The molecule has 0 unspecified atom stereocenters. The maximum Gasteiger partial charge on any atom is 0.349 e. The van der Waals surface area contributed by atoms with Gasteiger partial charge in [-0.1, -0.05) is 32.7 Å². The number of carbonyl (C=O) groups is 1. The summed E-state index contributed by atoms with van der Waals surface area (Å²) in [6.45, 7) is 3.33. The van der Waals surface area contributed by atoms with Crippen molar-refractivity contribution < 1.29 is 14.1 Å². The number of rotatable bonds is 2. The number of aryl methyl sites for hydroxylation is 2. The van der Waals surface area contributed by atoms with Crippen molar-refractivity contribution in [1.82, 2.24) is 5.16 Å². The topological polar surface area (TPSA) is 52.3 Å². The largest absolute Gasteiger partial charge is 0.421 e. The van der Waals surface area contributed by atoms with Gasteiger partial charge in [-0.25, -0.2) is 4.79 Å². The van der Waals surface area contributed by atoms with Gasteiger partial charge in [-0.15, -0.1) is 0 Å². The molecule has 0 radical (unpaired) electrons. The highest BCUT2D eigenvalue weighted by Crippen LogP contribution is 2.28. The molecule has 1 heterocycles. The number of benzene rings is 1. The second-order valence-electron chi connectivity index (χ2n) is 3.66. The number of carbonyl (C=O) groups excluding carboxylic acids is 1. The molecule has 94 valence electrons. The minimum Gasteiger partial charge on any atom is -0.421 e. The van der Waals surface area contributed by atoms with E-state index in [0.29, 0.717) is 27.8 Å². The lowest BCUT2D eigenvalue weighted by atomic mass is 10.2. The van der Waals surface area contributed by atoms with Crippen LogP contribution in [-0.4, -0.2) is 11.1 Å². The Labute approximate surface area is 117 Å². The Morgan fingerprint density at radius 2 is 2.17 bits per heavy atom. The number of ether oxygens (including phenoxy) is 1. The number of aromatic nitrogens is 1. The second kappa shape index (κ2) is 5.12. The summed E-state index contributed by atoms with van der Waals surface area (Å²) in [7, 11) is 0. The van der Waals surface area contributed by atoms with E-state index in [0.717, 1.165) is 4.47 Å². The summed E-state index contributed by atoms with van der Waals surface area (Å²) < 4.78 is 10.9. The van der Waals surface area contributed by atoms with Gasteiger partial charge in [-0.3, -0.25) is 0 Å². The highest BCUT2D eigenvalue weighted by Gasteiger charge is 2.20. The molecule has 2 rings (SSSR count). The summed E-state index contributed by atoms with van der Waals surface area (Å²) in [4.78, 5) is 12.0. The monoisotopic (exact) mass is 329 g/mol. The van der Waals surface area contributed by atoms with Crippen molar-refractivity contribution in [2.24, 2.45) is 0 Å². The molecule has 0 saturated carbocycles. The van der Waals surface area contributed by atoms with Crippen LogP contribution in [0.3, 0.4) is 0 Å². The van der Waals surface area contributed by atoms with E-state index in [1.54, 1.807) is 32.0 Å². The van der Waals surface area contributed by atoms with E-state index in [-0.39, 0.29) is 0 Å². The van der Waals surface area contributed by atoms with E-state index < -0.39 is 5.97 Å². The van der Waals surface area contributed by atoms with Gasteiger partial charge in [-0.05, 0) is 32.0 Å². The number of halogens is 2. The van der Waals surface area contributed by atoms with Gasteiger partial charge in [0.1, 0.15) is 17.1 Å². The van der Waals surface area contributed by atoms with Gasteiger partial charge in [0.2, 0.25) is 0 Å². The van der Waals surface area contributed by atoms with Gasteiger partial charge in [0.05, 0.1) is 10.7 Å². The van der Waals surface area contributed by atoms with Gasteiger partial charge in [-0.2, -0.15) is 0 Å². The minimum atomic E-state index is -0.532.